The molecule has 0 heterocycles. The summed E-state index contributed by atoms with van der Waals surface area (Å²) in [6.45, 7) is 3.97. The number of nitrogens with two attached hydrogens (primary N) is 1. The summed E-state index contributed by atoms with van der Waals surface area (Å²) in [5.41, 5.74) is 7.77. The highest BCUT2D eigenvalue weighted by Crippen LogP contribution is 2.12. The number of carbonyl (C=O) groups is 1. The van der Waals surface area contributed by atoms with Crippen LogP contribution in [0.5, 0.6) is 0 Å². The van der Waals surface area contributed by atoms with Gasteiger partial charge in [0.2, 0.25) is 0 Å². The molecule has 0 fully saturated rings. The van der Waals surface area contributed by atoms with E-state index in [1.165, 1.54) is 0 Å². The maximum absolute atomic E-state index is 11.7. The van der Waals surface area contributed by atoms with Crippen molar-refractivity contribution in [3.8, 4) is 6.07 Å². The lowest BCUT2D eigenvalue weighted by Gasteiger charge is -2.07. The number of nitrogen functional groups attached to an aromatic ring is 1. The third-order valence-corrected chi connectivity index (χ3v) is 2.32. The number of nitrogens with one attached hydrogen (secondary N) is 1. The first-order valence-electron chi connectivity index (χ1n) is 5.08. The van der Waals surface area contributed by atoms with Gasteiger partial charge in [0.25, 0.3) is 5.91 Å². The van der Waals surface area contributed by atoms with Crippen LogP contribution in [0.15, 0.2) is 18.2 Å². The van der Waals surface area contributed by atoms with Crippen LogP contribution in [0.3, 0.4) is 0 Å². The van der Waals surface area contributed by atoms with Crippen molar-refractivity contribution in [2.75, 3.05) is 12.3 Å². The molecule has 4 nitrogen and oxygen atoms in total. The molecule has 0 aliphatic carbocycles. The van der Waals surface area contributed by atoms with Gasteiger partial charge in [-0.2, -0.15) is 5.26 Å². The number of carbonyl (C=O) groups excluding carboxylic acids is 1. The van der Waals surface area contributed by atoms with Gasteiger partial charge in [0.05, 0.1) is 12.0 Å². The van der Waals surface area contributed by atoms with Gasteiger partial charge >= 0.3 is 0 Å². The molecular weight excluding hydrogens is 202 g/mol. The van der Waals surface area contributed by atoms with Crippen molar-refractivity contribution in [1.29, 1.82) is 5.26 Å². The van der Waals surface area contributed by atoms with Crippen LogP contribution >= 0.6 is 0 Å². The lowest BCUT2D eigenvalue weighted by molar-refractivity contribution is 0.0950. The Morgan fingerprint density at radius 2 is 2.31 bits per heavy atom. The Balaban J connectivity index is 2.67. The topological polar surface area (TPSA) is 78.9 Å². The number of rotatable bonds is 3. The summed E-state index contributed by atoms with van der Waals surface area (Å²) < 4.78 is 0. The average molecular weight is 217 g/mol. The molecule has 0 saturated heterocycles. The Morgan fingerprint density at radius 1 is 1.62 bits per heavy atom. The summed E-state index contributed by atoms with van der Waals surface area (Å²) in [5.74, 6) is -0.357. The number of hydrogen-bond acceptors (Lipinski definition) is 3. The van der Waals surface area contributed by atoms with Crippen LogP contribution in [0.2, 0.25) is 0 Å². The average Bonchev–Trinajstić information content (AvgIpc) is 2.29. The summed E-state index contributed by atoms with van der Waals surface area (Å²) in [5, 5.41) is 11.3. The summed E-state index contributed by atoms with van der Waals surface area (Å²) in [4.78, 5) is 11.7. The van der Waals surface area contributed by atoms with Crippen LogP contribution < -0.4 is 11.1 Å². The maximum atomic E-state index is 11.7. The highest BCUT2D eigenvalue weighted by molar-refractivity contribution is 5.94. The van der Waals surface area contributed by atoms with Crippen LogP contribution in [-0.2, 0) is 0 Å². The number of nitriles is 1. The molecule has 0 aliphatic rings. The van der Waals surface area contributed by atoms with E-state index in [-0.39, 0.29) is 11.8 Å². The van der Waals surface area contributed by atoms with E-state index in [1.54, 1.807) is 25.1 Å². The normalized spacial score (nSPS) is 11.6. The molecule has 1 aromatic rings. The standard InChI is InChI=1S/C12H15N3O/c1-8(6-13)7-15-12(16)10-3-4-11(14)9(2)5-10/h3-5,8H,7,14H2,1-2H3,(H,15,16). The van der Waals surface area contributed by atoms with E-state index in [0.717, 1.165) is 5.56 Å². The quantitative estimate of drug-likeness (QED) is 0.752. The van der Waals surface area contributed by atoms with E-state index < -0.39 is 0 Å². The zero-order valence-electron chi connectivity index (χ0n) is 9.45. The number of nitrogens with zero attached hydrogens (tertiary/aromatic N) is 1. The van der Waals surface area contributed by atoms with Crippen molar-refractivity contribution in [1.82, 2.24) is 5.32 Å². The molecule has 1 unspecified atom stereocenters. The first-order valence-corrected chi connectivity index (χ1v) is 5.08. The van der Waals surface area contributed by atoms with Gasteiger partial charge < -0.3 is 11.1 Å². The van der Waals surface area contributed by atoms with Gasteiger partial charge in [-0.25, -0.2) is 0 Å². The fraction of sp³-hybridized carbons (Fsp3) is 0.333. The van der Waals surface area contributed by atoms with E-state index in [1.807, 2.05) is 6.92 Å². The van der Waals surface area contributed by atoms with Crippen molar-refractivity contribution < 1.29 is 4.79 Å². The van der Waals surface area contributed by atoms with E-state index in [2.05, 4.69) is 11.4 Å². The lowest BCUT2D eigenvalue weighted by atomic mass is 10.1. The highest BCUT2D eigenvalue weighted by Gasteiger charge is 2.08. The van der Waals surface area contributed by atoms with Crippen LogP contribution in [0.25, 0.3) is 0 Å². The molecule has 0 spiro atoms. The van der Waals surface area contributed by atoms with Gasteiger partial charge in [0, 0.05) is 17.8 Å². The summed E-state index contributed by atoms with van der Waals surface area (Å²) in [7, 11) is 0. The smallest absolute Gasteiger partial charge is 0.251 e. The van der Waals surface area contributed by atoms with Crippen molar-refractivity contribution in [3.63, 3.8) is 0 Å². The molecule has 0 aliphatic heterocycles. The first-order chi connectivity index (χ1) is 7.54. The largest absolute Gasteiger partial charge is 0.399 e. The molecule has 1 atom stereocenters. The zero-order chi connectivity index (χ0) is 12.1. The minimum absolute atomic E-state index is 0.176. The first kappa shape index (κ1) is 12.1. The van der Waals surface area contributed by atoms with Crippen molar-refractivity contribution >= 4 is 11.6 Å². The molecule has 1 amide bonds. The Bertz CT molecular complexity index is 434. The zero-order valence-corrected chi connectivity index (χ0v) is 9.45. The van der Waals surface area contributed by atoms with Crippen molar-refractivity contribution in [2.24, 2.45) is 5.92 Å². The van der Waals surface area contributed by atoms with E-state index in [4.69, 9.17) is 11.0 Å². The Morgan fingerprint density at radius 3 is 2.88 bits per heavy atom. The summed E-state index contributed by atoms with van der Waals surface area (Å²) in [6.07, 6.45) is 0. The number of hydrogen-bond donors (Lipinski definition) is 2. The van der Waals surface area contributed by atoms with Crippen molar-refractivity contribution in [2.45, 2.75) is 13.8 Å². The number of benzene rings is 1. The minimum Gasteiger partial charge on any atom is -0.399 e. The number of aryl methyl sites for hydroxylation is 1. The molecule has 1 aromatic carbocycles. The Kier molecular flexibility index (Phi) is 3.90. The van der Waals surface area contributed by atoms with Gasteiger partial charge in [-0.05, 0) is 37.6 Å². The molecule has 3 N–H and O–H groups in total. The maximum Gasteiger partial charge on any atom is 0.251 e. The Hall–Kier alpha value is -2.02. The van der Waals surface area contributed by atoms with Crippen molar-refractivity contribution in [3.05, 3.63) is 29.3 Å². The van der Waals surface area contributed by atoms with Gasteiger partial charge in [-0.1, -0.05) is 0 Å². The van der Waals surface area contributed by atoms with Crippen LogP contribution in [-0.4, -0.2) is 12.5 Å². The molecular formula is C12H15N3O. The van der Waals surface area contributed by atoms with Crippen LogP contribution in [0.4, 0.5) is 5.69 Å². The molecule has 4 heteroatoms. The SMILES string of the molecule is Cc1cc(C(=O)NCC(C)C#N)ccc1N. The summed E-state index contributed by atoms with van der Waals surface area (Å²) >= 11 is 0. The number of anilines is 1. The predicted molar refractivity (Wildman–Crippen MR) is 62.7 cm³/mol. The van der Waals surface area contributed by atoms with Gasteiger partial charge in [0.15, 0.2) is 0 Å². The minimum atomic E-state index is -0.182. The van der Waals surface area contributed by atoms with Gasteiger partial charge in [-0.15, -0.1) is 0 Å². The third-order valence-electron chi connectivity index (χ3n) is 2.32. The fourth-order valence-corrected chi connectivity index (χ4v) is 1.21. The molecule has 0 saturated carbocycles. The molecule has 0 bridgehead atoms. The van der Waals surface area contributed by atoms with E-state index in [9.17, 15) is 4.79 Å². The number of amides is 1. The second-order valence-electron chi connectivity index (χ2n) is 3.81. The third kappa shape index (κ3) is 2.99. The Labute approximate surface area is 95.1 Å². The monoisotopic (exact) mass is 217 g/mol. The predicted octanol–water partition coefficient (Wildman–Crippen LogP) is 1.47. The summed E-state index contributed by atoms with van der Waals surface area (Å²) in [6, 6.07) is 7.18. The lowest BCUT2D eigenvalue weighted by Crippen LogP contribution is -2.27. The molecule has 0 aromatic heterocycles. The molecule has 16 heavy (non-hydrogen) atoms. The molecule has 84 valence electrons. The van der Waals surface area contributed by atoms with Gasteiger partial charge in [-0.3, -0.25) is 4.79 Å². The van der Waals surface area contributed by atoms with Crippen LogP contribution in [0, 0.1) is 24.2 Å². The van der Waals surface area contributed by atoms with Gasteiger partial charge in [0.1, 0.15) is 0 Å². The fourth-order valence-electron chi connectivity index (χ4n) is 1.21. The van der Waals surface area contributed by atoms with E-state index >= 15 is 0 Å². The highest BCUT2D eigenvalue weighted by atomic mass is 16.1. The molecule has 1 rings (SSSR count). The van der Waals surface area contributed by atoms with E-state index in [0.29, 0.717) is 17.8 Å². The second kappa shape index (κ2) is 5.17. The molecule has 0 radical (unpaired) electrons. The second-order valence-corrected chi connectivity index (χ2v) is 3.81. The van der Waals surface area contributed by atoms with Crippen LogP contribution in [0.1, 0.15) is 22.8 Å².